The van der Waals surface area contributed by atoms with E-state index in [1.165, 1.54) is 73.8 Å². The summed E-state index contributed by atoms with van der Waals surface area (Å²) in [6, 6.07) is 33.9. The van der Waals surface area contributed by atoms with E-state index in [1.807, 2.05) is 0 Å². The molecule has 0 bridgehead atoms. The quantitative estimate of drug-likeness (QED) is 0.163. The minimum absolute atomic E-state index is 0.629. The minimum Gasteiger partial charge on any atom is -0.0923 e. The second kappa shape index (κ2) is 15.0. The fraction of sp³-hybridized carbons (Fsp3) is 0.375. The summed E-state index contributed by atoms with van der Waals surface area (Å²) in [7, 11) is -0.629. The van der Waals surface area contributed by atoms with Crippen molar-refractivity contribution in [3.05, 3.63) is 102 Å². The SMILES string of the molecule is CCCCB(CCCC)/C(CCCC)=C(/c1ccccc1)P(c1ccccc1)c1ccccc1. The Morgan fingerprint density at radius 1 is 0.588 bits per heavy atom. The number of benzene rings is 3. The molecule has 0 aliphatic heterocycles. The van der Waals surface area contributed by atoms with E-state index in [0.717, 1.165) is 0 Å². The van der Waals surface area contributed by atoms with Crippen LogP contribution in [0.1, 0.15) is 71.3 Å². The molecule has 178 valence electrons. The monoisotopic (exact) mass is 468 g/mol. The molecule has 2 heteroatoms. The lowest BCUT2D eigenvalue weighted by atomic mass is 9.38. The first-order chi connectivity index (χ1) is 16.8. The van der Waals surface area contributed by atoms with Crippen molar-refractivity contribution in [1.82, 2.24) is 0 Å². The van der Waals surface area contributed by atoms with Gasteiger partial charge in [0.1, 0.15) is 0 Å². The van der Waals surface area contributed by atoms with E-state index in [2.05, 4.69) is 112 Å². The zero-order valence-corrected chi connectivity index (χ0v) is 22.4. The molecule has 34 heavy (non-hydrogen) atoms. The first-order valence-electron chi connectivity index (χ1n) is 13.5. The molecule has 0 aliphatic rings. The van der Waals surface area contributed by atoms with E-state index in [1.54, 1.807) is 10.8 Å². The van der Waals surface area contributed by atoms with Crippen molar-refractivity contribution in [2.75, 3.05) is 0 Å². The highest BCUT2D eigenvalue weighted by atomic mass is 31.1. The lowest BCUT2D eigenvalue weighted by molar-refractivity contribution is 0.795. The average Bonchev–Trinajstić information content (AvgIpc) is 2.90. The molecule has 0 spiro atoms. The van der Waals surface area contributed by atoms with E-state index >= 15 is 0 Å². The Morgan fingerprint density at radius 3 is 1.47 bits per heavy atom. The second-order valence-electron chi connectivity index (χ2n) is 9.33. The predicted molar refractivity (Wildman–Crippen MR) is 157 cm³/mol. The Kier molecular flexibility index (Phi) is 11.7. The average molecular weight is 468 g/mol. The van der Waals surface area contributed by atoms with Gasteiger partial charge in [-0.2, -0.15) is 0 Å². The summed E-state index contributed by atoms with van der Waals surface area (Å²) in [6.07, 6.45) is 11.6. The van der Waals surface area contributed by atoms with Crippen molar-refractivity contribution in [2.24, 2.45) is 0 Å². The maximum Gasteiger partial charge on any atom is 0.171 e. The van der Waals surface area contributed by atoms with Crippen LogP contribution in [0.5, 0.6) is 0 Å². The van der Waals surface area contributed by atoms with Crippen LogP contribution >= 0.6 is 7.92 Å². The normalized spacial score (nSPS) is 12.0. The number of rotatable bonds is 14. The summed E-state index contributed by atoms with van der Waals surface area (Å²) in [5.41, 5.74) is 3.17. The van der Waals surface area contributed by atoms with E-state index in [4.69, 9.17) is 0 Å². The Hall–Kier alpha value is -2.11. The van der Waals surface area contributed by atoms with Crippen molar-refractivity contribution >= 4 is 30.6 Å². The molecular weight excluding hydrogens is 426 g/mol. The standard InChI is InChI=1S/C32H42BP/c1-4-7-25-31(33(26-8-5-2)27-9-6-3)32(28-19-13-10-14-20-28)34(29-21-15-11-16-22-29)30-23-17-12-18-24-30/h10-24H,4-9,25-27H2,1-3H3/b32-31-. The lowest BCUT2D eigenvalue weighted by Crippen LogP contribution is -2.21. The Labute approximate surface area is 210 Å². The van der Waals surface area contributed by atoms with E-state index < -0.39 is 7.92 Å². The van der Waals surface area contributed by atoms with Gasteiger partial charge in [-0.15, -0.1) is 0 Å². The van der Waals surface area contributed by atoms with Gasteiger partial charge in [-0.1, -0.05) is 168 Å². The molecule has 0 heterocycles. The highest BCUT2D eigenvalue weighted by molar-refractivity contribution is 7.82. The molecule has 0 fully saturated rings. The summed E-state index contributed by atoms with van der Waals surface area (Å²) >= 11 is 0. The van der Waals surface area contributed by atoms with Crippen molar-refractivity contribution < 1.29 is 0 Å². The molecule has 0 nitrogen and oxygen atoms in total. The highest BCUT2D eigenvalue weighted by Gasteiger charge is 2.28. The molecule has 0 saturated carbocycles. The third kappa shape index (κ3) is 7.45. The van der Waals surface area contributed by atoms with E-state index in [0.29, 0.717) is 6.71 Å². The van der Waals surface area contributed by atoms with Crippen LogP contribution in [0.3, 0.4) is 0 Å². The summed E-state index contributed by atoms with van der Waals surface area (Å²) in [5.74, 6) is 0. The topological polar surface area (TPSA) is 0 Å². The van der Waals surface area contributed by atoms with Gasteiger partial charge in [0.25, 0.3) is 0 Å². The molecular formula is C32H42BP. The molecule has 0 aliphatic carbocycles. The molecule has 3 aromatic rings. The summed E-state index contributed by atoms with van der Waals surface area (Å²) in [5, 5.41) is 4.54. The van der Waals surface area contributed by atoms with Gasteiger partial charge in [0.05, 0.1) is 0 Å². The Bertz CT molecular complexity index is 918. The van der Waals surface area contributed by atoms with Crippen molar-refractivity contribution in [2.45, 2.75) is 78.4 Å². The number of unbranched alkanes of at least 4 members (excludes halogenated alkanes) is 3. The number of hydrogen-bond acceptors (Lipinski definition) is 0. The Morgan fingerprint density at radius 2 is 1.03 bits per heavy atom. The predicted octanol–water partition coefficient (Wildman–Crippen LogP) is 9.36. The molecule has 0 aromatic heterocycles. The molecule has 3 rings (SSSR count). The van der Waals surface area contributed by atoms with Crippen LogP contribution in [0.15, 0.2) is 96.5 Å². The second-order valence-corrected chi connectivity index (χ2v) is 11.5. The molecule has 0 N–H and O–H groups in total. The van der Waals surface area contributed by atoms with Gasteiger partial charge in [0.15, 0.2) is 6.71 Å². The van der Waals surface area contributed by atoms with Gasteiger partial charge < -0.3 is 0 Å². The third-order valence-electron chi connectivity index (χ3n) is 6.71. The van der Waals surface area contributed by atoms with Gasteiger partial charge in [-0.25, -0.2) is 0 Å². The fourth-order valence-electron chi connectivity index (χ4n) is 4.89. The van der Waals surface area contributed by atoms with Crippen LogP contribution in [0.25, 0.3) is 5.31 Å². The van der Waals surface area contributed by atoms with Crippen molar-refractivity contribution in [3.8, 4) is 0 Å². The van der Waals surface area contributed by atoms with Gasteiger partial charge in [-0.05, 0) is 35.8 Å². The molecule has 0 saturated heterocycles. The Balaban J connectivity index is 2.30. The molecule has 0 radical (unpaired) electrons. The first-order valence-corrected chi connectivity index (χ1v) is 14.8. The molecule has 0 unspecified atom stereocenters. The van der Waals surface area contributed by atoms with Crippen LogP contribution in [-0.4, -0.2) is 6.71 Å². The van der Waals surface area contributed by atoms with Gasteiger partial charge in [0, 0.05) is 0 Å². The van der Waals surface area contributed by atoms with Crippen molar-refractivity contribution in [3.63, 3.8) is 0 Å². The van der Waals surface area contributed by atoms with Crippen LogP contribution in [-0.2, 0) is 0 Å². The van der Waals surface area contributed by atoms with Crippen molar-refractivity contribution in [1.29, 1.82) is 0 Å². The van der Waals surface area contributed by atoms with E-state index in [9.17, 15) is 0 Å². The fourth-order valence-corrected chi connectivity index (χ4v) is 7.64. The zero-order valence-electron chi connectivity index (χ0n) is 21.5. The zero-order chi connectivity index (χ0) is 24.0. The first kappa shape index (κ1) is 26.5. The maximum atomic E-state index is 2.36. The van der Waals surface area contributed by atoms with Crippen LogP contribution in [0.2, 0.25) is 12.6 Å². The van der Waals surface area contributed by atoms with E-state index in [-0.39, 0.29) is 0 Å². The van der Waals surface area contributed by atoms with Crippen LogP contribution in [0, 0.1) is 0 Å². The van der Waals surface area contributed by atoms with Gasteiger partial charge in [0.2, 0.25) is 0 Å². The van der Waals surface area contributed by atoms with Gasteiger partial charge >= 0.3 is 0 Å². The smallest absolute Gasteiger partial charge is 0.0923 e. The summed E-state index contributed by atoms with van der Waals surface area (Å²) < 4.78 is 0. The maximum absolute atomic E-state index is 2.36. The lowest BCUT2D eigenvalue weighted by Gasteiger charge is -2.29. The van der Waals surface area contributed by atoms with Crippen LogP contribution in [0.4, 0.5) is 0 Å². The summed E-state index contributed by atoms with van der Waals surface area (Å²) in [4.78, 5) is 0. The molecule has 0 atom stereocenters. The number of hydrogen-bond donors (Lipinski definition) is 0. The number of allylic oxidation sites excluding steroid dienone is 1. The minimum atomic E-state index is -0.629. The van der Waals surface area contributed by atoms with Crippen LogP contribution < -0.4 is 10.6 Å². The molecule has 3 aromatic carbocycles. The third-order valence-corrected chi connectivity index (χ3v) is 9.33. The largest absolute Gasteiger partial charge is 0.171 e. The molecule has 0 amide bonds. The summed E-state index contributed by atoms with van der Waals surface area (Å²) in [6.45, 7) is 7.69. The van der Waals surface area contributed by atoms with Gasteiger partial charge in [-0.3, -0.25) is 0 Å². The highest BCUT2D eigenvalue weighted by Crippen LogP contribution is 2.52.